The van der Waals surface area contributed by atoms with E-state index in [1.807, 2.05) is 0 Å². The summed E-state index contributed by atoms with van der Waals surface area (Å²) in [4.78, 5) is 12.6. The molecule has 1 saturated heterocycles. The van der Waals surface area contributed by atoms with Gasteiger partial charge in [-0.2, -0.15) is 0 Å². The van der Waals surface area contributed by atoms with Gasteiger partial charge in [0.05, 0.1) is 6.10 Å². The van der Waals surface area contributed by atoms with E-state index >= 15 is 0 Å². The zero-order valence-corrected chi connectivity index (χ0v) is 40.3. The van der Waals surface area contributed by atoms with Gasteiger partial charge in [0.15, 0.2) is 6.29 Å². The van der Waals surface area contributed by atoms with Crippen LogP contribution in [0.15, 0.2) is 48.1 Å². The molecule has 354 valence electrons. The van der Waals surface area contributed by atoms with Crippen LogP contribution in [-0.4, -0.2) is 64.7 Å². The van der Waals surface area contributed by atoms with Crippen LogP contribution in [0, 0.1) is 46.3 Å². The van der Waals surface area contributed by atoms with Crippen LogP contribution in [0.1, 0.15) is 202 Å². The van der Waals surface area contributed by atoms with Gasteiger partial charge >= 0.3 is 5.97 Å². The highest BCUT2D eigenvalue weighted by molar-refractivity contribution is 5.69. The number of ether oxygens (including phenoxy) is 3. The SMILES string of the molecule is CC/C=C\C/C=C\C/C=C\CCCCCCCCCCCC(=O)OC[C@H]1O[C@@H](O[C@H]2CC[C@@]3(C)C(=CC[C@H]4[C@@H]5CC[C@H]([C@H](C)CCCC(C)C)[C@@]5(C)CC[C@@H]43)C2)[C@H](O)[C@@H](O)[C@@H]1O. The summed E-state index contributed by atoms with van der Waals surface area (Å²) in [6.07, 6.45) is 38.1. The molecular weight excluding hydrogens is 773 g/mol. The number of rotatable bonds is 26. The molecule has 0 aromatic carbocycles. The largest absolute Gasteiger partial charge is 0.463 e. The summed E-state index contributed by atoms with van der Waals surface area (Å²) in [6.45, 7) is 14.4. The van der Waals surface area contributed by atoms with Crippen LogP contribution < -0.4 is 0 Å². The van der Waals surface area contributed by atoms with Crippen LogP contribution >= 0.6 is 0 Å². The maximum absolute atomic E-state index is 12.6. The van der Waals surface area contributed by atoms with Gasteiger partial charge in [-0.05, 0) is 136 Å². The summed E-state index contributed by atoms with van der Waals surface area (Å²) in [5, 5.41) is 32.5. The number of hydrogen-bond donors (Lipinski definition) is 3. The topological polar surface area (TPSA) is 105 Å². The minimum absolute atomic E-state index is 0.143. The molecule has 0 bridgehead atoms. The number of carbonyl (C=O) groups is 1. The predicted octanol–water partition coefficient (Wildman–Crippen LogP) is 12.9. The Hall–Kier alpha value is -1.77. The van der Waals surface area contributed by atoms with Gasteiger partial charge < -0.3 is 29.5 Å². The second-order valence-electron chi connectivity index (χ2n) is 21.5. The summed E-state index contributed by atoms with van der Waals surface area (Å²) in [7, 11) is 0. The first-order valence-electron chi connectivity index (χ1n) is 26.0. The van der Waals surface area contributed by atoms with E-state index in [9.17, 15) is 20.1 Å². The van der Waals surface area contributed by atoms with E-state index in [1.54, 1.807) is 0 Å². The molecule has 62 heavy (non-hydrogen) atoms. The van der Waals surface area contributed by atoms with Crippen molar-refractivity contribution in [3.8, 4) is 0 Å². The molecule has 0 aromatic rings. The number of unbranched alkanes of at least 4 members (excludes halogenated alkanes) is 9. The second kappa shape index (κ2) is 25.8. The Kier molecular flexibility index (Phi) is 21.3. The highest BCUT2D eigenvalue weighted by Gasteiger charge is 2.59. The molecule has 0 unspecified atom stereocenters. The van der Waals surface area contributed by atoms with Crippen molar-refractivity contribution in [2.45, 2.75) is 239 Å². The number of esters is 1. The second-order valence-corrected chi connectivity index (χ2v) is 21.5. The van der Waals surface area contributed by atoms with E-state index in [1.165, 1.54) is 95.5 Å². The third-order valence-corrected chi connectivity index (χ3v) is 16.7. The lowest BCUT2D eigenvalue weighted by molar-refractivity contribution is -0.313. The van der Waals surface area contributed by atoms with E-state index in [2.05, 4.69) is 84.1 Å². The molecule has 13 atom stereocenters. The molecule has 4 fully saturated rings. The van der Waals surface area contributed by atoms with E-state index < -0.39 is 30.7 Å². The molecule has 5 aliphatic rings. The first-order valence-corrected chi connectivity index (χ1v) is 26.0. The Morgan fingerprint density at radius 1 is 0.774 bits per heavy atom. The van der Waals surface area contributed by atoms with Gasteiger partial charge in [-0.1, -0.05) is 154 Å². The summed E-state index contributed by atoms with van der Waals surface area (Å²) in [6, 6.07) is 0. The number of carbonyl (C=O) groups excluding carboxylic acids is 1. The number of aliphatic hydroxyl groups excluding tert-OH is 3. The number of allylic oxidation sites excluding steroid dienone is 7. The summed E-state index contributed by atoms with van der Waals surface area (Å²) < 4.78 is 18.0. The zero-order chi connectivity index (χ0) is 44.5. The average Bonchev–Trinajstić information content (AvgIpc) is 3.61. The van der Waals surface area contributed by atoms with Gasteiger partial charge in [-0.3, -0.25) is 4.79 Å². The standard InChI is InChI=1S/C55H92O7/c1-7-8-9-10-11-12-13-14-15-16-17-18-19-20-21-22-23-24-25-29-49(56)60-39-48-50(57)51(58)52(59)53(62-48)61-43-34-36-54(5)42(38-43)30-31-44-46-33-32-45(41(4)28-26-27-40(2)3)55(46,6)37-35-47(44)54/h8-9,11-12,14-15,30,40-41,43-48,50-53,57-59H,7,10,13,16-29,31-39H2,1-6H3/b9-8-,12-11-,15-14-/t41-,43+,44+,45-,46+,47+,48-,50-,51+,52-,53-,54+,55-/m1/s1. The molecule has 0 spiro atoms. The lowest BCUT2D eigenvalue weighted by Gasteiger charge is -2.58. The highest BCUT2D eigenvalue weighted by Crippen LogP contribution is 2.67. The Morgan fingerprint density at radius 2 is 1.45 bits per heavy atom. The third kappa shape index (κ3) is 14.1. The molecule has 0 radical (unpaired) electrons. The highest BCUT2D eigenvalue weighted by atomic mass is 16.7. The number of aliphatic hydroxyl groups is 3. The molecule has 7 nitrogen and oxygen atoms in total. The Bertz CT molecular complexity index is 1430. The first-order chi connectivity index (χ1) is 29.9. The number of fused-ring (bicyclic) bond motifs is 5. The van der Waals surface area contributed by atoms with Crippen molar-refractivity contribution in [1.29, 1.82) is 0 Å². The normalized spacial score (nSPS) is 35.4. The molecule has 4 aliphatic carbocycles. The van der Waals surface area contributed by atoms with Crippen LogP contribution in [0.2, 0.25) is 0 Å². The van der Waals surface area contributed by atoms with Crippen molar-refractivity contribution in [2.75, 3.05) is 6.61 Å². The number of hydrogen-bond acceptors (Lipinski definition) is 7. The zero-order valence-electron chi connectivity index (χ0n) is 40.3. The van der Waals surface area contributed by atoms with E-state index in [0.29, 0.717) is 17.8 Å². The van der Waals surface area contributed by atoms with E-state index in [-0.39, 0.29) is 24.1 Å². The first kappa shape index (κ1) is 51.2. The lowest BCUT2D eigenvalue weighted by Crippen LogP contribution is -2.60. The van der Waals surface area contributed by atoms with Crippen molar-refractivity contribution in [2.24, 2.45) is 46.3 Å². The lowest BCUT2D eigenvalue weighted by atomic mass is 9.47. The van der Waals surface area contributed by atoms with Gasteiger partial charge in [0.2, 0.25) is 0 Å². The van der Waals surface area contributed by atoms with Crippen LogP contribution in [0.25, 0.3) is 0 Å². The molecule has 3 N–H and O–H groups in total. The Morgan fingerprint density at radius 3 is 2.16 bits per heavy atom. The molecule has 7 heteroatoms. The van der Waals surface area contributed by atoms with Crippen LogP contribution in [0.4, 0.5) is 0 Å². The quantitative estimate of drug-likeness (QED) is 0.0452. The van der Waals surface area contributed by atoms with E-state index in [4.69, 9.17) is 14.2 Å². The van der Waals surface area contributed by atoms with Crippen LogP contribution in [0.5, 0.6) is 0 Å². The van der Waals surface area contributed by atoms with Crippen molar-refractivity contribution in [3.05, 3.63) is 48.1 Å². The van der Waals surface area contributed by atoms with Gasteiger partial charge in [-0.25, -0.2) is 0 Å². The fourth-order valence-corrected chi connectivity index (χ4v) is 13.0. The van der Waals surface area contributed by atoms with Gasteiger partial charge in [0.1, 0.15) is 31.0 Å². The molecule has 3 saturated carbocycles. The maximum Gasteiger partial charge on any atom is 0.305 e. The van der Waals surface area contributed by atoms with E-state index in [0.717, 1.165) is 93.8 Å². The van der Waals surface area contributed by atoms with Gasteiger partial charge in [0.25, 0.3) is 0 Å². The van der Waals surface area contributed by atoms with Crippen LogP contribution in [-0.2, 0) is 19.0 Å². The van der Waals surface area contributed by atoms with Crippen molar-refractivity contribution in [1.82, 2.24) is 0 Å². The van der Waals surface area contributed by atoms with Crippen molar-refractivity contribution >= 4 is 5.97 Å². The fraction of sp³-hybridized carbons (Fsp3) is 0.836. The molecule has 1 heterocycles. The van der Waals surface area contributed by atoms with Crippen molar-refractivity contribution in [3.63, 3.8) is 0 Å². The Balaban J connectivity index is 0.963. The summed E-state index contributed by atoms with van der Waals surface area (Å²) in [5.41, 5.74) is 2.13. The van der Waals surface area contributed by atoms with Gasteiger partial charge in [-0.15, -0.1) is 0 Å². The Labute approximate surface area is 379 Å². The fourth-order valence-electron chi connectivity index (χ4n) is 13.0. The summed E-state index contributed by atoms with van der Waals surface area (Å²) >= 11 is 0. The minimum atomic E-state index is -1.45. The monoisotopic (exact) mass is 865 g/mol. The molecule has 5 rings (SSSR count). The molecule has 0 amide bonds. The molecule has 1 aliphatic heterocycles. The van der Waals surface area contributed by atoms with Gasteiger partial charge in [0, 0.05) is 6.42 Å². The molecule has 0 aromatic heterocycles. The average molecular weight is 865 g/mol. The molecular formula is C55H92O7. The predicted molar refractivity (Wildman–Crippen MR) is 253 cm³/mol. The van der Waals surface area contributed by atoms with Crippen molar-refractivity contribution < 1.29 is 34.3 Å². The minimum Gasteiger partial charge on any atom is -0.463 e. The maximum atomic E-state index is 12.6. The van der Waals surface area contributed by atoms with Crippen LogP contribution in [0.3, 0.4) is 0 Å². The smallest absolute Gasteiger partial charge is 0.305 e. The third-order valence-electron chi connectivity index (χ3n) is 16.7. The summed E-state index contributed by atoms with van der Waals surface area (Å²) in [5.74, 6) is 4.42.